The second-order valence-electron chi connectivity index (χ2n) is 6.03. The fraction of sp³-hybridized carbons (Fsp3) is 0.636. The van der Waals surface area contributed by atoms with E-state index in [4.69, 9.17) is 0 Å². The van der Waals surface area contributed by atoms with Crippen molar-refractivity contribution >= 4 is 27.0 Å². The third kappa shape index (κ3) is 4.70. The summed E-state index contributed by atoms with van der Waals surface area (Å²) in [5, 5.41) is 0.355. The van der Waals surface area contributed by atoms with Crippen molar-refractivity contribution in [1.82, 2.24) is 0 Å². The maximum absolute atomic E-state index is 11.9. The Labute approximate surface area is 94.8 Å². The quantitative estimate of drug-likeness (QED) is 0.549. The number of carbonyl (C=O) groups is 2. The molecular formula is C11H22O2Si2. The first-order chi connectivity index (χ1) is 6.46. The van der Waals surface area contributed by atoms with Gasteiger partial charge in [-0.05, 0) is 5.57 Å². The Kier molecular flexibility index (Phi) is 4.42. The predicted octanol–water partition coefficient (Wildman–Crippen LogP) is 2.83. The van der Waals surface area contributed by atoms with E-state index in [0.29, 0.717) is 5.57 Å². The number of rotatable bonds is 5. The smallest absolute Gasteiger partial charge is 0.135 e. The van der Waals surface area contributed by atoms with E-state index < -0.39 is 16.1 Å². The van der Waals surface area contributed by atoms with Crippen LogP contribution in [0.15, 0.2) is 12.2 Å². The molecule has 2 nitrogen and oxygen atoms in total. The highest BCUT2D eigenvalue weighted by Crippen LogP contribution is 2.15. The van der Waals surface area contributed by atoms with Crippen molar-refractivity contribution in [2.45, 2.75) is 45.7 Å². The molecule has 0 aromatic rings. The lowest BCUT2D eigenvalue weighted by atomic mass is 10.2. The summed E-state index contributed by atoms with van der Waals surface area (Å²) in [4.78, 5) is 23.6. The molecule has 0 aromatic heterocycles. The van der Waals surface area contributed by atoms with Gasteiger partial charge in [0.15, 0.2) is 0 Å². The van der Waals surface area contributed by atoms with Crippen molar-refractivity contribution < 1.29 is 9.59 Å². The van der Waals surface area contributed by atoms with Crippen LogP contribution in [0, 0.1) is 0 Å². The van der Waals surface area contributed by atoms with Crippen LogP contribution in [-0.2, 0) is 9.59 Å². The van der Waals surface area contributed by atoms with Gasteiger partial charge in [0.25, 0.3) is 0 Å². The van der Waals surface area contributed by atoms with Crippen molar-refractivity contribution in [3.63, 3.8) is 0 Å². The van der Waals surface area contributed by atoms with Gasteiger partial charge in [-0.25, -0.2) is 0 Å². The summed E-state index contributed by atoms with van der Waals surface area (Å²) in [5.41, 5.74) is 0.515. The minimum atomic E-state index is -1.82. The van der Waals surface area contributed by atoms with Crippen LogP contribution in [0.1, 0.15) is 6.42 Å². The Morgan fingerprint density at radius 3 is 1.60 bits per heavy atom. The van der Waals surface area contributed by atoms with Crippen molar-refractivity contribution in [2.24, 2.45) is 0 Å². The van der Waals surface area contributed by atoms with Gasteiger partial charge in [-0.3, -0.25) is 0 Å². The molecule has 0 fully saturated rings. The van der Waals surface area contributed by atoms with Crippen LogP contribution < -0.4 is 0 Å². The van der Waals surface area contributed by atoms with Crippen molar-refractivity contribution in [3.8, 4) is 0 Å². The molecule has 0 unspecified atom stereocenters. The van der Waals surface area contributed by atoms with Crippen molar-refractivity contribution in [2.75, 3.05) is 0 Å². The maximum atomic E-state index is 11.9. The SMILES string of the molecule is C=C(CC(=O)[Si](C)(C)C)C(=O)[Si](C)(C)C. The fourth-order valence-electron chi connectivity index (χ4n) is 1.07. The third-order valence-corrected chi connectivity index (χ3v) is 5.78. The van der Waals surface area contributed by atoms with Gasteiger partial charge in [0, 0.05) is 6.42 Å². The van der Waals surface area contributed by atoms with Crippen LogP contribution in [0.2, 0.25) is 39.3 Å². The van der Waals surface area contributed by atoms with Gasteiger partial charge in [0.1, 0.15) is 27.0 Å². The largest absolute Gasteiger partial charge is 0.305 e. The third-order valence-electron chi connectivity index (χ3n) is 2.21. The lowest BCUT2D eigenvalue weighted by Gasteiger charge is -2.19. The van der Waals surface area contributed by atoms with Crippen LogP contribution in [0.3, 0.4) is 0 Å². The Hall–Kier alpha value is -0.486. The Morgan fingerprint density at radius 1 is 0.933 bits per heavy atom. The van der Waals surface area contributed by atoms with Gasteiger partial charge in [-0.15, -0.1) is 0 Å². The normalized spacial score (nSPS) is 12.4. The molecule has 0 rings (SSSR count). The molecule has 0 amide bonds. The lowest BCUT2D eigenvalue weighted by Crippen LogP contribution is -2.38. The Morgan fingerprint density at radius 2 is 1.33 bits per heavy atom. The van der Waals surface area contributed by atoms with Crippen LogP contribution >= 0.6 is 0 Å². The second kappa shape index (κ2) is 4.57. The summed E-state index contributed by atoms with van der Waals surface area (Å²) in [6, 6.07) is 0. The average molecular weight is 242 g/mol. The zero-order chi connectivity index (χ0) is 12.4. The van der Waals surface area contributed by atoms with Gasteiger partial charge < -0.3 is 9.59 Å². The first kappa shape index (κ1) is 14.5. The molecular weight excluding hydrogens is 220 g/mol. The number of hydrogen-bond donors (Lipinski definition) is 0. The Bertz CT molecular complexity index is 293. The first-order valence-electron chi connectivity index (χ1n) is 5.22. The minimum absolute atomic E-state index is 0.133. The topological polar surface area (TPSA) is 34.1 Å². The van der Waals surface area contributed by atoms with Crippen molar-refractivity contribution in [1.29, 1.82) is 0 Å². The molecule has 0 aliphatic heterocycles. The molecule has 0 atom stereocenters. The van der Waals surface area contributed by atoms with Crippen molar-refractivity contribution in [3.05, 3.63) is 12.2 Å². The summed E-state index contributed by atoms with van der Waals surface area (Å²) < 4.78 is 0. The minimum Gasteiger partial charge on any atom is -0.305 e. The van der Waals surface area contributed by atoms with Crippen LogP contribution in [0.5, 0.6) is 0 Å². The monoisotopic (exact) mass is 242 g/mol. The van der Waals surface area contributed by atoms with Crippen LogP contribution in [-0.4, -0.2) is 27.0 Å². The predicted molar refractivity (Wildman–Crippen MR) is 70.5 cm³/mol. The highest BCUT2D eigenvalue weighted by Gasteiger charge is 2.30. The molecule has 0 radical (unpaired) electrons. The zero-order valence-electron chi connectivity index (χ0n) is 10.7. The van der Waals surface area contributed by atoms with E-state index in [1.54, 1.807) is 0 Å². The Balaban J connectivity index is 4.54. The van der Waals surface area contributed by atoms with E-state index in [1.807, 2.05) is 39.3 Å². The molecule has 0 N–H and O–H groups in total. The maximum Gasteiger partial charge on any atom is 0.135 e. The highest BCUT2D eigenvalue weighted by atomic mass is 28.3. The van der Waals surface area contributed by atoms with Crippen LogP contribution in [0.25, 0.3) is 0 Å². The van der Waals surface area contributed by atoms with E-state index in [0.717, 1.165) is 0 Å². The molecule has 0 heterocycles. The zero-order valence-corrected chi connectivity index (χ0v) is 12.7. The summed E-state index contributed by atoms with van der Waals surface area (Å²) in [5.74, 6) is 0. The summed E-state index contributed by atoms with van der Waals surface area (Å²) in [6.07, 6.45) is 0.263. The van der Waals surface area contributed by atoms with Gasteiger partial charge in [-0.2, -0.15) is 0 Å². The number of hydrogen-bond acceptors (Lipinski definition) is 2. The van der Waals surface area contributed by atoms with Gasteiger partial charge in [-0.1, -0.05) is 45.9 Å². The van der Waals surface area contributed by atoms with Gasteiger partial charge in [0.05, 0.1) is 0 Å². The summed E-state index contributed by atoms with van der Waals surface area (Å²) in [7, 11) is -3.59. The molecule has 0 aliphatic carbocycles. The standard InChI is InChI=1S/C11H22O2Si2/c1-9(11(13)15(5,6)7)8-10(12)14(2,3)4/h1,8H2,2-7H3. The molecule has 0 bridgehead atoms. The molecule has 4 heteroatoms. The van der Waals surface area contributed by atoms with E-state index in [9.17, 15) is 9.59 Å². The molecule has 0 saturated carbocycles. The molecule has 86 valence electrons. The van der Waals surface area contributed by atoms with E-state index in [1.165, 1.54) is 0 Å². The molecule has 0 aliphatic rings. The molecule has 0 saturated heterocycles. The van der Waals surface area contributed by atoms with Gasteiger partial charge in [0.2, 0.25) is 0 Å². The average Bonchev–Trinajstić information content (AvgIpc) is 1.99. The van der Waals surface area contributed by atoms with E-state index in [-0.39, 0.29) is 17.2 Å². The highest BCUT2D eigenvalue weighted by molar-refractivity contribution is 7.06. The van der Waals surface area contributed by atoms with E-state index in [2.05, 4.69) is 6.58 Å². The second-order valence-corrected chi connectivity index (χ2v) is 16.0. The van der Waals surface area contributed by atoms with Gasteiger partial charge >= 0.3 is 0 Å². The lowest BCUT2D eigenvalue weighted by molar-refractivity contribution is -0.114. The summed E-state index contributed by atoms with van der Waals surface area (Å²) in [6.45, 7) is 15.7. The first-order valence-corrected chi connectivity index (χ1v) is 12.2. The fourth-order valence-corrected chi connectivity index (χ4v) is 2.96. The number of carbonyl (C=O) groups excluding carboxylic acids is 2. The molecule has 0 spiro atoms. The van der Waals surface area contributed by atoms with Crippen LogP contribution in [0.4, 0.5) is 0 Å². The molecule has 0 aromatic carbocycles. The summed E-state index contributed by atoms with van der Waals surface area (Å²) >= 11 is 0. The molecule has 15 heavy (non-hydrogen) atoms. The number of allylic oxidation sites excluding steroid dienone is 1. The van der Waals surface area contributed by atoms with E-state index >= 15 is 0 Å².